The van der Waals surface area contributed by atoms with E-state index in [0.717, 1.165) is 0 Å². The lowest BCUT2D eigenvalue weighted by atomic mass is 10.1. The van der Waals surface area contributed by atoms with Crippen molar-refractivity contribution >= 4 is 0 Å². The van der Waals surface area contributed by atoms with Crippen LogP contribution in [-0.4, -0.2) is 24.9 Å². The van der Waals surface area contributed by atoms with Crippen LogP contribution in [0.1, 0.15) is 25.5 Å². The van der Waals surface area contributed by atoms with Crippen LogP contribution >= 0.6 is 0 Å². The van der Waals surface area contributed by atoms with Gasteiger partial charge in [-0.15, -0.1) is 0 Å². The molecule has 0 fully saturated rings. The van der Waals surface area contributed by atoms with Gasteiger partial charge < -0.3 is 20.3 Å². The number of benzene rings is 1. The maximum absolute atomic E-state index is 13.7. The van der Waals surface area contributed by atoms with E-state index in [4.69, 9.17) is 20.3 Å². The van der Waals surface area contributed by atoms with Gasteiger partial charge in [-0.3, -0.25) is 0 Å². The molecule has 0 aliphatic heterocycles. The number of ether oxygens (including phenoxy) is 2. The molecule has 0 saturated carbocycles. The molecule has 96 valence electrons. The second-order valence-corrected chi connectivity index (χ2v) is 3.98. The Balaban J connectivity index is 3.17. The Labute approximate surface area is 100 Å². The summed E-state index contributed by atoms with van der Waals surface area (Å²) in [6.07, 6.45) is -0.0624. The largest absolute Gasteiger partial charge is 0.493 e. The summed E-state index contributed by atoms with van der Waals surface area (Å²) in [5, 5.41) is 8.95. The first-order chi connectivity index (χ1) is 7.99. The first kappa shape index (κ1) is 13.7. The molecule has 1 aromatic carbocycles. The van der Waals surface area contributed by atoms with E-state index < -0.39 is 11.9 Å². The zero-order valence-corrected chi connectivity index (χ0v) is 10.2. The molecule has 3 N–H and O–H groups in total. The predicted molar refractivity (Wildman–Crippen MR) is 62.7 cm³/mol. The Morgan fingerprint density at radius 3 is 2.47 bits per heavy atom. The van der Waals surface area contributed by atoms with Crippen LogP contribution in [0.5, 0.6) is 11.5 Å². The van der Waals surface area contributed by atoms with Gasteiger partial charge in [-0.05, 0) is 19.9 Å². The fourth-order valence-electron chi connectivity index (χ4n) is 1.44. The molecule has 0 amide bonds. The summed E-state index contributed by atoms with van der Waals surface area (Å²) in [7, 11) is 1.44. The summed E-state index contributed by atoms with van der Waals surface area (Å²) in [5.74, 6) is 0.215. The van der Waals surface area contributed by atoms with Crippen molar-refractivity contribution in [2.75, 3.05) is 13.7 Å². The third kappa shape index (κ3) is 3.31. The Bertz CT molecular complexity index is 382. The SMILES string of the molecule is COc1cc(F)c(C(N)CO)cc1OC(C)C. The first-order valence-corrected chi connectivity index (χ1v) is 5.40. The Morgan fingerprint density at radius 1 is 1.35 bits per heavy atom. The second kappa shape index (κ2) is 5.84. The lowest BCUT2D eigenvalue weighted by Crippen LogP contribution is -2.17. The van der Waals surface area contributed by atoms with Crippen LogP contribution in [0.2, 0.25) is 0 Å². The topological polar surface area (TPSA) is 64.7 Å². The van der Waals surface area contributed by atoms with Crippen LogP contribution in [0.3, 0.4) is 0 Å². The molecule has 0 spiro atoms. The van der Waals surface area contributed by atoms with Gasteiger partial charge in [0.25, 0.3) is 0 Å². The number of aliphatic hydroxyl groups is 1. The molecule has 0 aliphatic rings. The molecule has 1 atom stereocenters. The van der Waals surface area contributed by atoms with E-state index in [1.165, 1.54) is 19.2 Å². The molecule has 0 heterocycles. The predicted octanol–water partition coefficient (Wildman–Crippen LogP) is 1.61. The molecule has 0 bridgehead atoms. The van der Waals surface area contributed by atoms with Crippen molar-refractivity contribution in [3.63, 3.8) is 0 Å². The average molecular weight is 243 g/mol. The minimum absolute atomic E-state index is 0.0624. The number of aliphatic hydroxyl groups excluding tert-OH is 1. The molecule has 5 heteroatoms. The summed E-state index contributed by atoms with van der Waals surface area (Å²) < 4.78 is 24.2. The van der Waals surface area contributed by atoms with Crippen LogP contribution in [-0.2, 0) is 0 Å². The van der Waals surface area contributed by atoms with Crippen molar-refractivity contribution in [1.29, 1.82) is 0 Å². The zero-order valence-electron chi connectivity index (χ0n) is 10.2. The fourth-order valence-corrected chi connectivity index (χ4v) is 1.44. The van der Waals surface area contributed by atoms with Crippen molar-refractivity contribution in [3.05, 3.63) is 23.5 Å². The molecule has 0 radical (unpaired) electrons. The summed E-state index contributed by atoms with van der Waals surface area (Å²) in [6.45, 7) is 3.38. The van der Waals surface area contributed by atoms with Crippen molar-refractivity contribution < 1.29 is 19.0 Å². The van der Waals surface area contributed by atoms with Gasteiger partial charge in [0, 0.05) is 11.6 Å². The van der Waals surface area contributed by atoms with E-state index in [9.17, 15) is 4.39 Å². The maximum atomic E-state index is 13.7. The smallest absolute Gasteiger partial charge is 0.163 e. The van der Waals surface area contributed by atoms with Crippen LogP contribution in [0.15, 0.2) is 12.1 Å². The summed E-state index contributed by atoms with van der Waals surface area (Å²) >= 11 is 0. The van der Waals surface area contributed by atoms with Gasteiger partial charge in [-0.1, -0.05) is 0 Å². The van der Waals surface area contributed by atoms with E-state index >= 15 is 0 Å². The molecule has 4 nitrogen and oxygen atoms in total. The molecular formula is C12H18FNO3. The molecule has 1 aromatic rings. The fraction of sp³-hybridized carbons (Fsp3) is 0.500. The van der Waals surface area contributed by atoms with Crippen LogP contribution < -0.4 is 15.2 Å². The van der Waals surface area contributed by atoms with Gasteiger partial charge in [0.1, 0.15) is 5.82 Å². The summed E-state index contributed by atoms with van der Waals surface area (Å²) in [6, 6.07) is 1.91. The van der Waals surface area contributed by atoms with E-state index in [1.807, 2.05) is 13.8 Å². The third-order valence-corrected chi connectivity index (χ3v) is 2.24. The van der Waals surface area contributed by atoms with Gasteiger partial charge in [-0.2, -0.15) is 0 Å². The van der Waals surface area contributed by atoms with E-state index in [2.05, 4.69) is 0 Å². The monoisotopic (exact) mass is 243 g/mol. The highest BCUT2D eigenvalue weighted by atomic mass is 19.1. The lowest BCUT2D eigenvalue weighted by Gasteiger charge is -2.17. The van der Waals surface area contributed by atoms with Gasteiger partial charge >= 0.3 is 0 Å². The minimum Gasteiger partial charge on any atom is -0.493 e. The quantitative estimate of drug-likeness (QED) is 0.824. The lowest BCUT2D eigenvalue weighted by molar-refractivity contribution is 0.227. The Morgan fingerprint density at radius 2 is 2.00 bits per heavy atom. The van der Waals surface area contributed by atoms with E-state index in [-0.39, 0.29) is 18.3 Å². The average Bonchev–Trinajstić information content (AvgIpc) is 2.29. The van der Waals surface area contributed by atoms with Gasteiger partial charge in [0.15, 0.2) is 11.5 Å². The number of hydrogen-bond acceptors (Lipinski definition) is 4. The first-order valence-electron chi connectivity index (χ1n) is 5.40. The number of nitrogens with two attached hydrogens (primary N) is 1. The highest BCUT2D eigenvalue weighted by Gasteiger charge is 2.16. The van der Waals surface area contributed by atoms with E-state index in [0.29, 0.717) is 11.5 Å². The summed E-state index contributed by atoms with van der Waals surface area (Å²) in [5.41, 5.74) is 5.81. The minimum atomic E-state index is -0.768. The van der Waals surface area contributed by atoms with Crippen molar-refractivity contribution in [2.24, 2.45) is 5.73 Å². The molecule has 1 rings (SSSR count). The normalized spacial score (nSPS) is 12.6. The maximum Gasteiger partial charge on any atom is 0.163 e. The molecule has 0 aromatic heterocycles. The van der Waals surface area contributed by atoms with Gasteiger partial charge in [-0.25, -0.2) is 4.39 Å². The van der Waals surface area contributed by atoms with Crippen molar-refractivity contribution in [2.45, 2.75) is 26.0 Å². The number of halogens is 1. The standard InChI is InChI=1S/C12H18FNO3/c1-7(2)17-12-4-8(10(14)6-15)9(13)5-11(12)16-3/h4-5,7,10,15H,6,14H2,1-3H3. The molecule has 0 saturated heterocycles. The molecule has 0 aliphatic carbocycles. The highest BCUT2D eigenvalue weighted by Crippen LogP contribution is 2.32. The number of rotatable bonds is 5. The van der Waals surface area contributed by atoms with E-state index in [1.54, 1.807) is 0 Å². The van der Waals surface area contributed by atoms with Crippen LogP contribution in [0.25, 0.3) is 0 Å². The van der Waals surface area contributed by atoms with Gasteiger partial charge in [0.2, 0.25) is 0 Å². The molecular weight excluding hydrogens is 225 g/mol. The van der Waals surface area contributed by atoms with Crippen molar-refractivity contribution in [1.82, 2.24) is 0 Å². The molecule has 1 unspecified atom stereocenters. The van der Waals surface area contributed by atoms with Crippen molar-refractivity contribution in [3.8, 4) is 11.5 Å². The van der Waals surface area contributed by atoms with Crippen LogP contribution in [0, 0.1) is 5.82 Å². The third-order valence-electron chi connectivity index (χ3n) is 2.24. The zero-order chi connectivity index (χ0) is 13.0. The molecule has 17 heavy (non-hydrogen) atoms. The van der Waals surface area contributed by atoms with Crippen LogP contribution in [0.4, 0.5) is 4.39 Å². The Hall–Kier alpha value is -1.33. The second-order valence-electron chi connectivity index (χ2n) is 3.98. The number of methoxy groups -OCH3 is 1. The van der Waals surface area contributed by atoms with Gasteiger partial charge in [0.05, 0.1) is 25.9 Å². The summed E-state index contributed by atoms with van der Waals surface area (Å²) in [4.78, 5) is 0. The Kier molecular flexibility index (Phi) is 4.72. The highest BCUT2D eigenvalue weighted by molar-refractivity contribution is 5.44. The number of hydrogen-bond donors (Lipinski definition) is 2.